The number of nitrogens with zero attached hydrogens (tertiary/aromatic N) is 3. The molecule has 1 aromatic carbocycles. The maximum Gasteiger partial charge on any atom is 0.261 e. The molecule has 0 spiro atoms. The third kappa shape index (κ3) is 4.12. The Hall–Kier alpha value is -3.37. The molecule has 2 atom stereocenters. The second-order valence-electron chi connectivity index (χ2n) is 7.22. The Morgan fingerprint density at radius 1 is 1.03 bits per heavy atom. The van der Waals surface area contributed by atoms with Crippen LogP contribution in [0.15, 0.2) is 72.1 Å². The Labute approximate surface area is 182 Å². The van der Waals surface area contributed by atoms with Gasteiger partial charge in [-0.25, -0.2) is 13.4 Å². The van der Waals surface area contributed by atoms with Crippen molar-refractivity contribution in [2.75, 3.05) is 10.0 Å². The second kappa shape index (κ2) is 7.71. The number of benzene rings is 1. The van der Waals surface area contributed by atoms with Crippen molar-refractivity contribution in [3.63, 3.8) is 0 Å². The zero-order chi connectivity index (χ0) is 21.4. The van der Waals surface area contributed by atoms with Crippen LogP contribution in [0.5, 0.6) is 0 Å². The molecular weight excluding hydrogens is 434 g/mol. The summed E-state index contributed by atoms with van der Waals surface area (Å²) in [6.07, 6.45) is 7.13. The smallest absolute Gasteiger partial charge is 0.261 e. The fourth-order valence-corrected chi connectivity index (χ4v) is 5.30. The van der Waals surface area contributed by atoms with E-state index in [2.05, 4.69) is 25.0 Å². The summed E-state index contributed by atoms with van der Waals surface area (Å²) in [7, 11) is -3.70. The summed E-state index contributed by atoms with van der Waals surface area (Å²) in [6, 6.07) is 11.7. The zero-order valence-electron chi connectivity index (χ0n) is 16.1. The van der Waals surface area contributed by atoms with Crippen LogP contribution in [-0.4, -0.2) is 29.3 Å². The van der Waals surface area contributed by atoms with E-state index >= 15 is 0 Å². The van der Waals surface area contributed by atoms with Crippen LogP contribution in [0.2, 0.25) is 0 Å². The molecule has 2 unspecified atom stereocenters. The molecule has 2 N–H and O–H groups in total. The van der Waals surface area contributed by atoms with E-state index in [9.17, 15) is 13.2 Å². The minimum Gasteiger partial charge on any atom is -0.302 e. The summed E-state index contributed by atoms with van der Waals surface area (Å²) in [5.41, 5.74) is 2.14. The molecule has 1 aliphatic rings. The van der Waals surface area contributed by atoms with Gasteiger partial charge in [-0.2, -0.15) is 0 Å². The van der Waals surface area contributed by atoms with Gasteiger partial charge in [-0.15, -0.1) is 0 Å². The Kier molecular flexibility index (Phi) is 4.87. The van der Waals surface area contributed by atoms with Crippen LogP contribution in [0.25, 0.3) is 10.2 Å². The lowest BCUT2D eigenvalue weighted by Gasteiger charge is -2.08. The highest BCUT2D eigenvalue weighted by atomic mass is 32.2. The number of thiazole rings is 1. The van der Waals surface area contributed by atoms with Crippen molar-refractivity contribution in [3.8, 4) is 0 Å². The number of hydrogen-bond donors (Lipinski definition) is 2. The molecule has 10 heteroatoms. The van der Waals surface area contributed by atoms with Crippen molar-refractivity contribution in [3.05, 3.63) is 72.8 Å². The largest absolute Gasteiger partial charge is 0.302 e. The van der Waals surface area contributed by atoms with Crippen molar-refractivity contribution >= 4 is 48.3 Å². The molecule has 31 heavy (non-hydrogen) atoms. The van der Waals surface area contributed by atoms with Gasteiger partial charge in [0.2, 0.25) is 5.91 Å². The summed E-state index contributed by atoms with van der Waals surface area (Å²) in [5.74, 6) is -0.160. The molecule has 8 nitrogen and oxygen atoms in total. The van der Waals surface area contributed by atoms with Crippen LogP contribution in [0.4, 0.5) is 10.8 Å². The molecular formula is C21H17N5O3S2. The van der Waals surface area contributed by atoms with E-state index in [0.29, 0.717) is 10.8 Å². The molecule has 4 aromatic rings. The number of carbonyl (C=O) groups excluding carboxylic acids is 1. The monoisotopic (exact) mass is 451 g/mol. The number of fused-ring (bicyclic) bond motifs is 1. The molecule has 5 rings (SSSR count). The van der Waals surface area contributed by atoms with Gasteiger partial charge in [-0.3, -0.25) is 19.5 Å². The first-order valence-corrected chi connectivity index (χ1v) is 11.8. The number of carbonyl (C=O) groups is 1. The fraction of sp³-hybridized carbons (Fsp3) is 0.143. The first-order chi connectivity index (χ1) is 15.0. The molecule has 3 aromatic heterocycles. The van der Waals surface area contributed by atoms with Gasteiger partial charge in [0.15, 0.2) is 5.13 Å². The van der Waals surface area contributed by atoms with E-state index in [4.69, 9.17) is 0 Å². The summed E-state index contributed by atoms with van der Waals surface area (Å²) >= 11 is 1.39. The van der Waals surface area contributed by atoms with Crippen molar-refractivity contribution in [1.82, 2.24) is 15.0 Å². The summed E-state index contributed by atoms with van der Waals surface area (Å²) in [5, 5.41) is 3.44. The third-order valence-electron chi connectivity index (χ3n) is 5.08. The van der Waals surface area contributed by atoms with Crippen molar-refractivity contribution in [2.24, 2.45) is 5.92 Å². The van der Waals surface area contributed by atoms with Crippen molar-refractivity contribution < 1.29 is 13.2 Å². The van der Waals surface area contributed by atoms with Gasteiger partial charge >= 0.3 is 0 Å². The topological polar surface area (TPSA) is 114 Å². The fourth-order valence-electron chi connectivity index (χ4n) is 3.42. The van der Waals surface area contributed by atoms with Crippen molar-refractivity contribution in [2.45, 2.75) is 17.2 Å². The normalized spacial score (nSPS) is 17.9. The number of sulfonamides is 1. The quantitative estimate of drug-likeness (QED) is 0.463. The molecule has 0 saturated heterocycles. The zero-order valence-corrected chi connectivity index (χ0v) is 17.7. The lowest BCUT2D eigenvalue weighted by atomic mass is 10.1. The van der Waals surface area contributed by atoms with E-state index in [1.807, 2.05) is 0 Å². The molecule has 156 valence electrons. The number of aromatic nitrogens is 3. The van der Waals surface area contributed by atoms with Gasteiger partial charge in [-0.1, -0.05) is 23.5 Å². The standard InChI is InChI=1S/C21H17N5O3S2/c27-20(25-21-24-18-7-9-23-12-19(18)30-21)17-10-16(17)13-3-5-15(6-4-13)31(28,29)26-14-2-1-8-22-11-14/h1-9,11-12,16-17,26H,10H2,(H,24,25,27). The highest BCUT2D eigenvalue weighted by molar-refractivity contribution is 7.92. The maximum absolute atomic E-state index is 12.6. The van der Waals surface area contributed by atoms with Gasteiger partial charge in [-0.05, 0) is 48.2 Å². The van der Waals surface area contributed by atoms with E-state index in [-0.39, 0.29) is 22.6 Å². The van der Waals surface area contributed by atoms with E-state index < -0.39 is 10.0 Å². The first-order valence-electron chi connectivity index (χ1n) is 9.54. The van der Waals surface area contributed by atoms with Gasteiger partial charge < -0.3 is 5.32 Å². The number of pyridine rings is 2. The Balaban J connectivity index is 1.24. The highest BCUT2D eigenvalue weighted by Gasteiger charge is 2.44. The van der Waals surface area contributed by atoms with Gasteiger partial charge in [0.25, 0.3) is 10.0 Å². The minimum atomic E-state index is -3.70. The SMILES string of the molecule is O=C(Nc1nc2ccncc2s1)C1CC1c1ccc(S(=O)(=O)Nc2cccnc2)cc1. The lowest BCUT2D eigenvalue weighted by Crippen LogP contribution is -2.14. The van der Waals surface area contributed by atoms with Crippen LogP contribution < -0.4 is 10.0 Å². The predicted molar refractivity (Wildman–Crippen MR) is 118 cm³/mol. The van der Waals surface area contributed by atoms with Crippen LogP contribution in [0.1, 0.15) is 17.9 Å². The molecule has 3 heterocycles. The van der Waals surface area contributed by atoms with E-state index in [1.54, 1.807) is 61.1 Å². The summed E-state index contributed by atoms with van der Waals surface area (Å²) in [6.45, 7) is 0. The Morgan fingerprint density at radius 2 is 1.84 bits per heavy atom. The number of amides is 1. The number of rotatable bonds is 6. The molecule has 1 saturated carbocycles. The van der Waals surface area contributed by atoms with Crippen LogP contribution in [0, 0.1) is 5.92 Å². The average Bonchev–Trinajstić information content (AvgIpc) is 3.47. The van der Waals surface area contributed by atoms with Gasteiger partial charge in [0, 0.05) is 24.5 Å². The van der Waals surface area contributed by atoms with E-state index in [1.165, 1.54) is 17.5 Å². The van der Waals surface area contributed by atoms with Gasteiger partial charge in [0.1, 0.15) is 0 Å². The number of nitrogens with one attached hydrogen (secondary N) is 2. The number of hydrogen-bond acceptors (Lipinski definition) is 7. The van der Waals surface area contributed by atoms with Crippen LogP contribution in [-0.2, 0) is 14.8 Å². The van der Waals surface area contributed by atoms with Crippen LogP contribution >= 0.6 is 11.3 Å². The minimum absolute atomic E-state index is 0.0686. The predicted octanol–water partition coefficient (Wildman–Crippen LogP) is 3.63. The molecule has 1 amide bonds. The maximum atomic E-state index is 12.6. The Bertz CT molecular complexity index is 1320. The molecule has 0 bridgehead atoms. The van der Waals surface area contributed by atoms with Crippen molar-refractivity contribution in [1.29, 1.82) is 0 Å². The van der Waals surface area contributed by atoms with Crippen LogP contribution in [0.3, 0.4) is 0 Å². The third-order valence-corrected chi connectivity index (χ3v) is 7.40. The lowest BCUT2D eigenvalue weighted by molar-refractivity contribution is -0.117. The average molecular weight is 452 g/mol. The number of anilines is 2. The van der Waals surface area contributed by atoms with Gasteiger partial charge in [0.05, 0.1) is 27.0 Å². The van der Waals surface area contributed by atoms with E-state index in [0.717, 1.165) is 22.2 Å². The summed E-state index contributed by atoms with van der Waals surface area (Å²) < 4.78 is 28.5. The molecule has 1 aliphatic carbocycles. The molecule has 0 aliphatic heterocycles. The molecule has 1 fully saturated rings. The summed E-state index contributed by atoms with van der Waals surface area (Å²) in [4.78, 5) is 25.1. The first kappa shape index (κ1) is 19.6. The molecule has 0 radical (unpaired) electrons. The highest BCUT2D eigenvalue weighted by Crippen LogP contribution is 2.48. The Morgan fingerprint density at radius 3 is 2.58 bits per heavy atom. The second-order valence-corrected chi connectivity index (χ2v) is 9.93.